The van der Waals surface area contributed by atoms with Crippen LogP contribution in [0.5, 0.6) is 0 Å². The van der Waals surface area contributed by atoms with Crippen molar-refractivity contribution in [3.63, 3.8) is 0 Å². The number of rotatable bonds is 3. The molecule has 0 aromatic heterocycles. The fraction of sp³-hybridized carbons (Fsp3) is 0.364. The first-order valence-corrected chi connectivity index (χ1v) is 5.40. The Labute approximate surface area is 99.1 Å². The van der Waals surface area contributed by atoms with Crippen molar-refractivity contribution in [2.75, 3.05) is 6.61 Å². The van der Waals surface area contributed by atoms with E-state index in [0.717, 1.165) is 5.56 Å². The zero-order valence-corrected chi connectivity index (χ0v) is 10.2. The number of ether oxygens (including phenoxy) is 1. The molecule has 0 spiro atoms. The maximum atomic E-state index is 11.3. The lowest BCUT2D eigenvalue weighted by Crippen LogP contribution is -2.08. The van der Waals surface area contributed by atoms with Crippen molar-refractivity contribution >= 4 is 29.2 Å². The highest BCUT2D eigenvalue weighted by Gasteiger charge is 2.12. The summed E-state index contributed by atoms with van der Waals surface area (Å²) in [6, 6.07) is 3.56. The minimum atomic E-state index is -0.315. The fourth-order valence-electron chi connectivity index (χ4n) is 1.25. The molecule has 0 atom stereocenters. The van der Waals surface area contributed by atoms with Crippen LogP contribution in [0.1, 0.15) is 18.1 Å². The predicted octanol–water partition coefficient (Wildman–Crippen LogP) is 3.41. The van der Waals surface area contributed by atoms with Crippen molar-refractivity contribution in [1.82, 2.24) is 0 Å². The topological polar surface area (TPSA) is 26.3 Å². The SMILES string of the molecule is CCOC(=O)Cc1c(Cl)cc(C)cc1Cl. The number of carbonyl (C=O) groups is 1. The van der Waals surface area contributed by atoms with Crippen LogP contribution < -0.4 is 0 Å². The lowest BCUT2D eigenvalue weighted by atomic mass is 10.1. The van der Waals surface area contributed by atoms with Crippen molar-refractivity contribution in [2.24, 2.45) is 0 Å². The highest BCUT2D eigenvalue weighted by molar-refractivity contribution is 6.36. The molecule has 0 aliphatic rings. The molecule has 1 aromatic rings. The van der Waals surface area contributed by atoms with Crippen LogP contribution in [0, 0.1) is 6.92 Å². The molecule has 82 valence electrons. The minimum absolute atomic E-state index is 0.117. The van der Waals surface area contributed by atoms with E-state index in [0.29, 0.717) is 22.2 Å². The van der Waals surface area contributed by atoms with Gasteiger partial charge in [0.05, 0.1) is 13.0 Å². The molecule has 0 amide bonds. The molecule has 0 unspecified atom stereocenters. The molecule has 1 aromatic carbocycles. The lowest BCUT2D eigenvalue weighted by Gasteiger charge is -2.07. The Morgan fingerprint density at radius 3 is 2.33 bits per heavy atom. The summed E-state index contributed by atoms with van der Waals surface area (Å²) in [5.74, 6) is -0.315. The van der Waals surface area contributed by atoms with Crippen LogP contribution >= 0.6 is 23.2 Å². The van der Waals surface area contributed by atoms with Gasteiger partial charge in [0.1, 0.15) is 0 Å². The molecule has 0 saturated carbocycles. The van der Waals surface area contributed by atoms with Crippen LogP contribution in [0.4, 0.5) is 0 Å². The van der Waals surface area contributed by atoms with Crippen LogP contribution in [0.2, 0.25) is 10.0 Å². The molecule has 0 N–H and O–H groups in total. The van der Waals surface area contributed by atoms with Crippen molar-refractivity contribution in [3.8, 4) is 0 Å². The van der Waals surface area contributed by atoms with E-state index in [1.165, 1.54) is 0 Å². The maximum absolute atomic E-state index is 11.3. The Hall–Kier alpha value is -0.730. The van der Waals surface area contributed by atoms with E-state index in [2.05, 4.69) is 0 Å². The van der Waals surface area contributed by atoms with E-state index in [1.54, 1.807) is 19.1 Å². The van der Waals surface area contributed by atoms with Gasteiger partial charge in [0.25, 0.3) is 0 Å². The molecule has 0 bridgehead atoms. The summed E-state index contributed by atoms with van der Waals surface area (Å²) in [6.07, 6.45) is 0.117. The number of esters is 1. The van der Waals surface area contributed by atoms with Crippen molar-refractivity contribution < 1.29 is 9.53 Å². The largest absolute Gasteiger partial charge is 0.466 e. The highest BCUT2D eigenvalue weighted by atomic mass is 35.5. The predicted molar refractivity (Wildman–Crippen MR) is 61.5 cm³/mol. The zero-order chi connectivity index (χ0) is 11.4. The van der Waals surface area contributed by atoms with Gasteiger partial charge in [-0.3, -0.25) is 4.79 Å². The average Bonchev–Trinajstić information content (AvgIpc) is 2.11. The Morgan fingerprint density at radius 1 is 1.33 bits per heavy atom. The second kappa shape index (κ2) is 5.38. The van der Waals surface area contributed by atoms with Gasteiger partial charge < -0.3 is 4.74 Å². The number of hydrogen-bond acceptors (Lipinski definition) is 2. The van der Waals surface area contributed by atoms with Crippen LogP contribution in [0.15, 0.2) is 12.1 Å². The molecule has 0 saturated heterocycles. The highest BCUT2D eigenvalue weighted by Crippen LogP contribution is 2.27. The van der Waals surface area contributed by atoms with Crippen molar-refractivity contribution in [3.05, 3.63) is 33.3 Å². The summed E-state index contributed by atoms with van der Waals surface area (Å²) < 4.78 is 4.83. The number of carbonyl (C=O) groups excluding carboxylic acids is 1. The van der Waals surface area contributed by atoms with Gasteiger partial charge >= 0.3 is 5.97 Å². The normalized spacial score (nSPS) is 10.1. The molecule has 0 fully saturated rings. The van der Waals surface area contributed by atoms with Gasteiger partial charge in [0.2, 0.25) is 0 Å². The summed E-state index contributed by atoms with van der Waals surface area (Å²) in [5.41, 5.74) is 1.60. The zero-order valence-electron chi connectivity index (χ0n) is 8.64. The average molecular weight is 247 g/mol. The van der Waals surface area contributed by atoms with Crippen LogP contribution in [0.25, 0.3) is 0 Å². The summed E-state index contributed by atoms with van der Waals surface area (Å²) in [6.45, 7) is 4.02. The molecular formula is C11H12Cl2O2. The van der Waals surface area contributed by atoms with Crippen LogP contribution in [-0.2, 0) is 16.0 Å². The summed E-state index contributed by atoms with van der Waals surface area (Å²) >= 11 is 12.0. The molecule has 0 radical (unpaired) electrons. The monoisotopic (exact) mass is 246 g/mol. The molecule has 1 rings (SSSR count). The molecule has 0 heterocycles. The number of hydrogen-bond donors (Lipinski definition) is 0. The first-order valence-electron chi connectivity index (χ1n) is 4.64. The molecular weight excluding hydrogens is 235 g/mol. The van der Waals surface area contributed by atoms with E-state index < -0.39 is 0 Å². The number of halogens is 2. The van der Waals surface area contributed by atoms with Gasteiger partial charge in [-0.05, 0) is 31.5 Å². The Balaban J connectivity index is 2.90. The van der Waals surface area contributed by atoms with Gasteiger partial charge in [-0.15, -0.1) is 0 Å². The van der Waals surface area contributed by atoms with Crippen LogP contribution in [-0.4, -0.2) is 12.6 Å². The lowest BCUT2D eigenvalue weighted by molar-refractivity contribution is -0.142. The molecule has 0 aliphatic heterocycles. The Kier molecular flexibility index (Phi) is 4.43. The third-order valence-corrected chi connectivity index (χ3v) is 2.59. The molecule has 4 heteroatoms. The minimum Gasteiger partial charge on any atom is -0.466 e. The van der Waals surface area contributed by atoms with Crippen molar-refractivity contribution in [2.45, 2.75) is 20.3 Å². The first kappa shape index (κ1) is 12.3. The summed E-state index contributed by atoms with van der Waals surface area (Å²) in [5, 5.41) is 1.01. The maximum Gasteiger partial charge on any atom is 0.310 e. The van der Waals surface area contributed by atoms with E-state index in [4.69, 9.17) is 27.9 Å². The van der Waals surface area contributed by atoms with Gasteiger partial charge in [0.15, 0.2) is 0 Å². The first-order chi connectivity index (χ1) is 7.04. The van der Waals surface area contributed by atoms with Gasteiger partial charge in [-0.1, -0.05) is 23.2 Å². The van der Waals surface area contributed by atoms with Crippen molar-refractivity contribution in [1.29, 1.82) is 0 Å². The quantitative estimate of drug-likeness (QED) is 0.765. The Morgan fingerprint density at radius 2 is 1.87 bits per heavy atom. The smallest absolute Gasteiger partial charge is 0.310 e. The molecule has 2 nitrogen and oxygen atoms in total. The third kappa shape index (κ3) is 3.40. The fourth-order valence-corrected chi connectivity index (χ4v) is 1.98. The summed E-state index contributed by atoms with van der Waals surface area (Å²) in [4.78, 5) is 11.3. The van der Waals surface area contributed by atoms with Gasteiger partial charge in [-0.25, -0.2) is 0 Å². The Bertz CT molecular complexity index is 352. The summed E-state index contributed by atoms with van der Waals surface area (Å²) in [7, 11) is 0. The van der Waals surface area contributed by atoms with Crippen LogP contribution in [0.3, 0.4) is 0 Å². The second-order valence-electron chi connectivity index (χ2n) is 3.19. The second-order valence-corrected chi connectivity index (χ2v) is 4.00. The van der Waals surface area contributed by atoms with E-state index in [-0.39, 0.29) is 12.4 Å². The molecule has 15 heavy (non-hydrogen) atoms. The van der Waals surface area contributed by atoms with E-state index >= 15 is 0 Å². The third-order valence-electron chi connectivity index (χ3n) is 1.91. The van der Waals surface area contributed by atoms with E-state index in [1.807, 2.05) is 6.92 Å². The number of aryl methyl sites for hydroxylation is 1. The van der Waals surface area contributed by atoms with Gasteiger partial charge in [0, 0.05) is 15.6 Å². The molecule has 0 aliphatic carbocycles. The van der Waals surface area contributed by atoms with E-state index in [9.17, 15) is 4.79 Å². The number of benzene rings is 1. The van der Waals surface area contributed by atoms with Gasteiger partial charge in [-0.2, -0.15) is 0 Å². The standard InChI is InChI=1S/C11H12Cl2O2/c1-3-15-11(14)6-8-9(12)4-7(2)5-10(8)13/h4-5H,3,6H2,1-2H3.